The molecule has 4 heteroatoms. The number of pyridine rings is 1. The highest BCUT2D eigenvalue weighted by Gasteiger charge is 2.23. The summed E-state index contributed by atoms with van der Waals surface area (Å²) in [5.74, 6) is -0.0714. The van der Waals surface area contributed by atoms with Gasteiger partial charge >= 0.3 is 0 Å². The van der Waals surface area contributed by atoms with Gasteiger partial charge in [0.2, 0.25) is 5.43 Å². The third-order valence-electron chi connectivity index (χ3n) is 4.49. The largest absolute Gasteiger partial charge is 0.503 e. The van der Waals surface area contributed by atoms with Crippen LogP contribution in [0, 0.1) is 6.92 Å². The van der Waals surface area contributed by atoms with Crippen molar-refractivity contribution in [2.45, 2.75) is 65.6 Å². The maximum atomic E-state index is 11.8. The second-order valence-corrected chi connectivity index (χ2v) is 5.72. The van der Waals surface area contributed by atoms with E-state index in [0.29, 0.717) is 12.6 Å². The lowest BCUT2D eigenvalue weighted by Crippen LogP contribution is -2.39. The number of aromatic nitrogens is 1. The number of aryl methyl sites for hydroxylation is 1. The van der Waals surface area contributed by atoms with Crippen molar-refractivity contribution in [3.63, 3.8) is 0 Å². The van der Waals surface area contributed by atoms with Gasteiger partial charge in [0, 0.05) is 30.9 Å². The smallest absolute Gasteiger partial charge is 0.223 e. The van der Waals surface area contributed by atoms with Gasteiger partial charge in [0.15, 0.2) is 5.75 Å². The molecule has 0 aliphatic carbocycles. The molecule has 20 heavy (non-hydrogen) atoms. The number of hydrogen-bond acceptors (Lipinski definition) is 3. The standard InChI is InChI=1S/C16H26N2O2/c1-4-13-8-6-7-9-17(13)11-14-16(20)15(19)10-12(3)18(14)5-2/h10,13,20H,4-9,11H2,1-3H3. The summed E-state index contributed by atoms with van der Waals surface area (Å²) in [7, 11) is 0. The van der Waals surface area contributed by atoms with E-state index in [1.54, 1.807) is 0 Å². The van der Waals surface area contributed by atoms with Gasteiger partial charge in [-0.2, -0.15) is 0 Å². The summed E-state index contributed by atoms with van der Waals surface area (Å²) in [5, 5.41) is 10.2. The second kappa shape index (κ2) is 6.44. The molecule has 0 bridgehead atoms. The average molecular weight is 278 g/mol. The minimum absolute atomic E-state index is 0.0714. The Morgan fingerprint density at radius 2 is 2.10 bits per heavy atom. The summed E-state index contributed by atoms with van der Waals surface area (Å²) < 4.78 is 2.05. The lowest BCUT2D eigenvalue weighted by Gasteiger charge is -2.36. The third kappa shape index (κ3) is 2.90. The summed E-state index contributed by atoms with van der Waals surface area (Å²) in [5.41, 5.74) is 1.44. The van der Waals surface area contributed by atoms with Crippen LogP contribution in [-0.2, 0) is 13.1 Å². The Hall–Kier alpha value is -1.29. The van der Waals surface area contributed by atoms with E-state index in [1.807, 2.05) is 13.8 Å². The zero-order valence-corrected chi connectivity index (χ0v) is 12.9. The summed E-state index contributed by atoms with van der Waals surface area (Å²) in [4.78, 5) is 14.3. The Bertz CT molecular complexity index is 522. The predicted octanol–water partition coefficient (Wildman–Crippen LogP) is 2.65. The van der Waals surface area contributed by atoms with Gasteiger partial charge in [0.25, 0.3) is 0 Å². The van der Waals surface area contributed by atoms with E-state index in [4.69, 9.17) is 0 Å². The Kier molecular flexibility index (Phi) is 4.86. The molecule has 1 aliphatic rings. The fourth-order valence-electron chi connectivity index (χ4n) is 3.34. The van der Waals surface area contributed by atoms with Crippen LogP contribution in [0.25, 0.3) is 0 Å². The maximum Gasteiger partial charge on any atom is 0.223 e. The first-order chi connectivity index (χ1) is 9.58. The molecule has 1 aromatic rings. The number of likely N-dealkylation sites (tertiary alicyclic amines) is 1. The molecular weight excluding hydrogens is 252 g/mol. The molecule has 0 spiro atoms. The number of piperidine rings is 1. The van der Waals surface area contributed by atoms with Crippen molar-refractivity contribution in [1.29, 1.82) is 0 Å². The molecule has 1 fully saturated rings. The van der Waals surface area contributed by atoms with Gasteiger partial charge in [-0.3, -0.25) is 9.69 Å². The maximum absolute atomic E-state index is 11.8. The number of rotatable bonds is 4. The van der Waals surface area contributed by atoms with Gasteiger partial charge in [-0.05, 0) is 39.7 Å². The fourth-order valence-corrected chi connectivity index (χ4v) is 3.34. The van der Waals surface area contributed by atoms with Crippen LogP contribution in [0.2, 0.25) is 0 Å². The Balaban J connectivity index is 2.34. The first kappa shape index (κ1) is 15.1. The number of nitrogens with zero attached hydrogens (tertiary/aromatic N) is 2. The van der Waals surface area contributed by atoms with Crippen LogP contribution in [-0.4, -0.2) is 27.2 Å². The van der Waals surface area contributed by atoms with Gasteiger partial charge in [0.1, 0.15) is 0 Å². The van der Waals surface area contributed by atoms with E-state index in [-0.39, 0.29) is 11.2 Å². The molecule has 1 saturated heterocycles. The molecule has 112 valence electrons. The molecule has 1 N–H and O–H groups in total. The van der Waals surface area contributed by atoms with Crippen molar-refractivity contribution in [3.05, 3.63) is 27.7 Å². The van der Waals surface area contributed by atoms with Gasteiger partial charge in [-0.25, -0.2) is 0 Å². The van der Waals surface area contributed by atoms with Crippen molar-refractivity contribution in [2.24, 2.45) is 0 Å². The molecule has 2 heterocycles. The SMILES string of the molecule is CCC1CCCCN1Cc1c(O)c(=O)cc(C)n1CC. The van der Waals surface area contributed by atoms with E-state index < -0.39 is 0 Å². The highest BCUT2D eigenvalue weighted by molar-refractivity contribution is 5.29. The van der Waals surface area contributed by atoms with Crippen LogP contribution in [0.3, 0.4) is 0 Å². The van der Waals surface area contributed by atoms with Crippen LogP contribution in [0.5, 0.6) is 5.75 Å². The summed E-state index contributed by atoms with van der Waals surface area (Å²) in [6.07, 6.45) is 4.84. The topological polar surface area (TPSA) is 45.5 Å². The quantitative estimate of drug-likeness (QED) is 0.921. The molecule has 1 aliphatic heterocycles. The molecule has 1 aromatic heterocycles. The first-order valence-corrected chi connectivity index (χ1v) is 7.74. The lowest BCUT2D eigenvalue weighted by atomic mass is 9.99. The Morgan fingerprint density at radius 3 is 2.75 bits per heavy atom. The minimum Gasteiger partial charge on any atom is -0.503 e. The zero-order valence-electron chi connectivity index (χ0n) is 12.9. The normalized spacial score (nSPS) is 20.2. The highest BCUT2D eigenvalue weighted by Crippen LogP contribution is 2.24. The molecule has 2 rings (SSSR count). The van der Waals surface area contributed by atoms with Gasteiger partial charge < -0.3 is 9.67 Å². The Labute approximate surface area is 121 Å². The zero-order chi connectivity index (χ0) is 14.7. The molecule has 0 saturated carbocycles. The van der Waals surface area contributed by atoms with E-state index in [2.05, 4.69) is 16.4 Å². The molecule has 4 nitrogen and oxygen atoms in total. The molecular formula is C16H26N2O2. The van der Waals surface area contributed by atoms with Gasteiger partial charge in [-0.15, -0.1) is 0 Å². The second-order valence-electron chi connectivity index (χ2n) is 5.72. The molecule has 0 amide bonds. The van der Waals surface area contributed by atoms with E-state index in [0.717, 1.165) is 30.9 Å². The fraction of sp³-hybridized carbons (Fsp3) is 0.688. The van der Waals surface area contributed by atoms with E-state index in [1.165, 1.54) is 25.3 Å². The van der Waals surface area contributed by atoms with Crippen molar-refractivity contribution in [1.82, 2.24) is 9.47 Å². The van der Waals surface area contributed by atoms with Crippen LogP contribution < -0.4 is 5.43 Å². The Morgan fingerprint density at radius 1 is 1.35 bits per heavy atom. The lowest BCUT2D eigenvalue weighted by molar-refractivity contribution is 0.131. The summed E-state index contributed by atoms with van der Waals surface area (Å²) in [6, 6.07) is 2.10. The van der Waals surface area contributed by atoms with E-state index in [9.17, 15) is 9.90 Å². The van der Waals surface area contributed by atoms with Crippen molar-refractivity contribution >= 4 is 0 Å². The monoisotopic (exact) mass is 278 g/mol. The van der Waals surface area contributed by atoms with Crippen LogP contribution in [0.4, 0.5) is 0 Å². The number of aromatic hydroxyl groups is 1. The molecule has 1 unspecified atom stereocenters. The predicted molar refractivity (Wildman–Crippen MR) is 81.1 cm³/mol. The third-order valence-corrected chi connectivity index (χ3v) is 4.49. The van der Waals surface area contributed by atoms with Crippen LogP contribution >= 0.6 is 0 Å². The van der Waals surface area contributed by atoms with Crippen molar-refractivity contribution in [2.75, 3.05) is 6.54 Å². The van der Waals surface area contributed by atoms with Gasteiger partial charge in [0.05, 0.1) is 5.69 Å². The number of hydrogen-bond donors (Lipinski definition) is 1. The van der Waals surface area contributed by atoms with Crippen LogP contribution in [0.1, 0.15) is 50.9 Å². The van der Waals surface area contributed by atoms with E-state index >= 15 is 0 Å². The summed E-state index contributed by atoms with van der Waals surface area (Å²) >= 11 is 0. The van der Waals surface area contributed by atoms with Crippen molar-refractivity contribution < 1.29 is 5.11 Å². The average Bonchev–Trinajstić information content (AvgIpc) is 2.45. The van der Waals surface area contributed by atoms with Crippen molar-refractivity contribution in [3.8, 4) is 5.75 Å². The molecule has 0 radical (unpaired) electrons. The van der Waals surface area contributed by atoms with Gasteiger partial charge in [-0.1, -0.05) is 13.3 Å². The highest BCUT2D eigenvalue weighted by atomic mass is 16.3. The minimum atomic E-state index is -0.257. The molecule has 0 aromatic carbocycles. The molecule has 1 atom stereocenters. The summed E-state index contributed by atoms with van der Waals surface area (Å²) in [6.45, 7) is 8.71. The van der Waals surface area contributed by atoms with Crippen LogP contribution in [0.15, 0.2) is 10.9 Å². The first-order valence-electron chi connectivity index (χ1n) is 7.74.